The van der Waals surface area contributed by atoms with Gasteiger partial charge in [0.25, 0.3) is 10.0 Å². The molecule has 0 fully saturated rings. The van der Waals surface area contributed by atoms with Crippen LogP contribution in [0, 0.1) is 0 Å². The number of halogens is 1. The van der Waals surface area contributed by atoms with Crippen LogP contribution >= 0.6 is 22.6 Å². The summed E-state index contributed by atoms with van der Waals surface area (Å²) in [7, 11) is -3.36. The highest BCUT2D eigenvalue weighted by Gasteiger charge is 2.13. The second-order valence-electron chi connectivity index (χ2n) is 2.36. The first-order valence-electron chi connectivity index (χ1n) is 3.72. The van der Waals surface area contributed by atoms with Crippen LogP contribution in [0.2, 0.25) is 0 Å². The molecule has 5 nitrogen and oxygen atoms in total. The van der Waals surface area contributed by atoms with Crippen molar-refractivity contribution in [2.45, 2.75) is 11.4 Å². The number of nitrogens with one attached hydrogen (secondary N) is 2. The SMILES string of the molecule is O=S(=O)(NCCCI)c1ccn[nH]1. The van der Waals surface area contributed by atoms with E-state index in [0.29, 0.717) is 6.54 Å². The number of alkyl halides is 1. The lowest BCUT2D eigenvalue weighted by molar-refractivity contribution is 0.577. The van der Waals surface area contributed by atoms with Crippen LogP contribution < -0.4 is 4.72 Å². The standard InChI is InChI=1S/C6H10IN3O2S/c7-3-1-4-9-13(11,12)6-2-5-8-10-6/h2,5,9H,1,3-4H2,(H,8,10). The minimum absolute atomic E-state index is 0.112. The lowest BCUT2D eigenvalue weighted by Gasteiger charge is -2.01. The molecule has 0 aromatic carbocycles. The predicted octanol–water partition coefficient (Wildman–Crippen LogP) is 0.513. The fourth-order valence-electron chi connectivity index (χ4n) is 0.744. The number of sulfonamides is 1. The second-order valence-corrected chi connectivity index (χ2v) is 5.18. The van der Waals surface area contributed by atoms with E-state index < -0.39 is 10.0 Å². The van der Waals surface area contributed by atoms with Gasteiger partial charge in [0.2, 0.25) is 0 Å². The van der Waals surface area contributed by atoms with Gasteiger partial charge < -0.3 is 0 Å². The van der Waals surface area contributed by atoms with Crippen molar-refractivity contribution in [3.63, 3.8) is 0 Å². The van der Waals surface area contributed by atoms with Gasteiger partial charge in [0.15, 0.2) is 5.03 Å². The Morgan fingerprint density at radius 3 is 2.92 bits per heavy atom. The maximum Gasteiger partial charge on any atom is 0.257 e. The summed E-state index contributed by atoms with van der Waals surface area (Å²) in [6.07, 6.45) is 2.24. The third-order valence-corrected chi connectivity index (χ3v) is 3.52. The molecule has 13 heavy (non-hydrogen) atoms. The number of hydrogen-bond donors (Lipinski definition) is 2. The summed E-state index contributed by atoms with van der Waals surface area (Å²) >= 11 is 2.20. The van der Waals surface area contributed by atoms with Crippen molar-refractivity contribution in [3.8, 4) is 0 Å². The van der Waals surface area contributed by atoms with E-state index in [4.69, 9.17) is 0 Å². The Labute approximate surface area is 90.5 Å². The van der Waals surface area contributed by atoms with E-state index in [1.807, 2.05) is 0 Å². The summed E-state index contributed by atoms with van der Waals surface area (Å²) in [6, 6.07) is 1.42. The second kappa shape index (κ2) is 4.91. The van der Waals surface area contributed by atoms with E-state index in [1.165, 1.54) is 12.3 Å². The van der Waals surface area contributed by atoms with Crippen molar-refractivity contribution in [3.05, 3.63) is 12.3 Å². The maximum atomic E-state index is 11.4. The van der Waals surface area contributed by atoms with Gasteiger partial charge in [0.1, 0.15) is 0 Å². The van der Waals surface area contributed by atoms with Crippen LogP contribution in [-0.4, -0.2) is 29.6 Å². The maximum absolute atomic E-state index is 11.4. The van der Waals surface area contributed by atoms with Crippen LogP contribution in [0.4, 0.5) is 0 Å². The van der Waals surface area contributed by atoms with Crippen molar-refractivity contribution >= 4 is 32.6 Å². The molecular formula is C6H10IN3O2S. The molecule has 0 radical (unpaired) electrons. The van der Waals surface area contributed by atoms with Gasteiger partial charge in [-0.25, -0.2) is 13.1 Å². The molecule has 1 rings (SSSR count). The number of aromatic amines is 1. The van der Waals surface area contributed by atoms with E-state index in [-0.39, 0.29) is 5.03 Å². The number of nitrogens with zero attached hydrogens (tertiary/aromatic N) is 1. The van der Waals surface area contributed by atoms with Crippen LogP contribution in [0.25, 0.3) is 0 Å². The number of hydrogen-bond acceptors (Lipinski definition) is 3. The largest absolute Gasteiger partial charge is 0.266 e. The number of H-pyrrole nitrogens is 1. The minimum Gasteiger partial charge on any atom is -0.266 e. The molecule has 0 aliphatic rings. The van der Waals surface area contributed by atoms with Gasteiger partial charge in [-0.15, -0.1) is 0 Å². The molecule has 1 heterocycles. The normalized spacial score (nSPS) is 11.8. The van der Waals surface area contributed by atoms with Crippen molar-refractivity contribution in [2.75, 3.05) is 11.0 Å². The Kier molecular flexibility index (Phi) is 4.13. The van der Waals surface area contributed by atoms with Gasteiger partial charge in [0.05, 0.1) is 6.20 Å². The zero-order chi connectivity index (χ0) is 9.73. The molecule has 7 heteroatoms. The zero-order valence-electron chi connectivity index (χ0n) is 6.83. The van der Waals surface area contributed by atoms with Crippen molar-refractivity contribution in [1.29, 1.82) is 0 Å². The molecule has 0 spiro atoms. The topological polar surface area (TPSA) is 74.8 Å². The van der Waals surface area contributed by atoms with Crippen LogP contribution in [-0.2, 0) is 10.0 Å². The fraction of sp³-hybridized carbons (Fsp3) is 0.500. The third-order valence-electron chi connectivity index (χ3n) is 1.37. The molecule has 1 aromatic rings. The van der Waals surface area contributed by atoms with Crippen LogP contribution in [0.1, 0.15) is 6.42 Å². The molecule has 0 saturated carbocycles. The average Bonchev–Trinajstić information content (AvgIpc) is 2.56. The molecule has 0 saturated heterocycles. The van der Waals surface area contributed by atoms with Crippen LogP contribution in [0.5, 0.6) is 0 Å². The predicted molar refractivity (Wildman–Crippen MR) is 57.3 cm³/mol. The van der Waals surface area contributed by atoms with E-state index in [2.05, 4.69) is 37.5 Å². The van der Waals surface area contributed by atoms with Crippen molar-refractivity contribution in [2.24, 2.45) is 0 Å². The van der Waals surface area contributed by atoms with Gasteiger partial charge in [-0.3, -0.25) is 5.10 Å². The monoisotopic (exact) mass is 315 g/mol. The molecule has 74 valence electrons. The summed E-state index contributed by atoms with van der Waals surface area (Å²) in [5.41, 5.74) is 0. The Hall–Kier alpha value is -0.150. The Morgan fingerprint density at radius 2 is 2.38 bits per heavy atom. The zero-order valence-corrected chi connectivity index (χ0v) is 9.80. The van der Waals surface area contributed by atoms with Crippen molar-refractivity contribution in [1.82, 2.24) is 14.9 Å². The highest BCUT2D eigenvalue weighted by molar-refractivity contribution is 14.1. The molecule has 2 N–H and O–H groups in total. The summed E-state index contributed by atoms with van der Waals surface area (Å²) in [5, 5.41) is 6.09. The molecule has 0 atom stereocenters. The Morgan fingerprint density at radius 1 is 1.62 bits per heavy atom. The first-order valence-corrected chi connectivity index (χ1v) is 6.72. The van der Waals surface area contributed by atoms with Gasteiger partial charge in [-0.1, -0.05) is 22.6 Å². The van der Waals surface area contributed by atoms with Gasteiger partial charge in [-0.2, -0.15) is 5.10 Å². The van der Waals surface area contributed by atoms with E-state index >= 15 is 0 Å². The minimum atomic E-state index is -3.36. The van der Waals surface area contributed by atoms with E-state index in [9.17, 15) is 8.42 Å². The van der Waals surface area contributed by atoms with Gasteiger partial charge >= 0.3 is 0 Å². The summed E-state index contributed by atoms with van der Waals surface area (Å²) in [6.45, 7) is 0.463. The quantitative estimate of drug-likeness (QED) is 0.472. The van der Waals surface area contributed by atoms with E-state index in [0.717, 1.165) is 10.8 Å². The molecule has 0 amide bonds. The molecule has 0 bridgehead atoms. The van der Waals surface area contributed by atoms with E-state index in [1.54, 1.807) is 0 Å². The summed E-state index contributed by atoms with van der Waals surface area (Å²) in [4.78, 5) is 0. The van der Waals surface area contributed by atoms with Crippen molar-refractivity contribution < 1.29 is 8.42 Å². The molecule has 0 aliphatic carbocycles. The summed E-state index contributed by atoms with van der Waals surface area (Å²) in [5.74, 6) is 0. The van der Waals surface area contributed by atoms with Crippen LogP contribution in [0.3, 0.4) is 0 Å². The highest BCUT2D eigenvalue weighted by Crippen LogP contribution is 2.01. The third kappa shape index (κ3) is 3.24. The van der Waals surface area contributed by atoms with Gasteiger partial charge in [0, 0.05) is 11.0 Å². The number of rotatable bonds is 5. The average molecular weight is 315 g/mol. The molecular weight excluding hydrogens is 305 g/mol. The van der Waals surface area contributed by atoms with Gasteiger partial charge in [-0.05, 0) is 12.5 Å². The Bertz CT molecular complexity index is 335. The fourth-order valence-corrected chi connectivity index (χ4v) is 2.11. The first kappa shape index (κ1) is 10.9. The first-order chi connectivity index (χ1) is 6.17. The highest BCUT2D eigenvalue weighted by atomic mass is 127. The lowest BCUT2D eigenvalue weighted by atomic mass is 10.5. The molecule has 0 aliphatic heterocycles. The number of aromatic nitrogens is 2. The summed E-state index contributed by atoms with van der Waals surface area (Å²) < 4.78 is 26.2. The molecule has 1 aromatic heterocycles. The van der Waals surface area contributed by atoms with Crippen LogP contribution in [0.15, 0.2) is 17.3 Å². The lowest BCUT2D eigenvalue weighted by Crippen LogP contribution is -2.25. The Balaban J connectivity index is 2.58. The smallest absolute Gasteiger partial charge is 0.257 e. The molecule has 0 unspecified atom stereocenters.